The van der Waals surface area contributed by atoms with Crippen molar-refractivity contribution in [3.05, 3.63) is 59.1 Å². The Balaban J connectivity index is 1.84. The Bertz CT molecular complexity index is 818. The number of halogens is 1. The highest BCUT2D eigenvalue weighted by atomic mass is 35.5. The van der Waals surface area contributed by atoms with Crippen molar-refractivity contribution in [1.29, 1.82) is 0 Å². The van der Waals surface area contributed by atoms with Crippen LogP contribution in [0, 0.1) is 0 Å². The first-order chi connectivity index (χ1) is 13.0. The van der Waals surface area contributed by atoms with E-state index in [2.05, 4.69) is 5.32 Å². The van der Waals surface area contributed by atoms with Gasteiger partial charge in [0, 0.05) is 11.1 Å². The van der Waals surface area contributed by atoms with Gasteiger partial charge < -0.3 is 19.5 Å². The van der Waals surface area contributed by atoms with E-state index in [1.54, 1.807) is 36.4 Å². The average molecular weight is 390 g/mol. The maximum Gasteiger partial charge on any atom is 0.331 e. The highest BCUT2D eigenvalue weighted by Crippen LogP contribution is 2.27. The molecule has 2 aromatic carbocycles. The Morgan fingerprint density at radius 2 is 1.89 bits per heavy atom. The molecule has 0 atom stereocenters. The summed E-state index contributed by atoms with van der Waals surface area (Å²) in [6.45, 7) is 2.06. The van der Waals surface area contributed by atoms with Gasteiger partial charge in [0.05, 0.1) is 19.4 Å². The summed E-state index contributed by atoms with van der Waals surface area (Å²) in [6, 6.07) is 12.1. The van der Waals surface area contributed by atoms with Crippen LogP contribution in [0.1, 0.15) is 12.5 Å². The molecule has 1 N–H and O–H groups in total. The molecule has 0 heterocycles. The van der Waals surface area contributed by atoms with Gasteiger partial charge in [0.15, 0.2) is 6.61 Å². The van der Waals surface area contributed by atoms with Crippen LogP contribution < -0.4 is 14.8 Å². The summed E-state index contributed by atoms with van der Waals surface area (Å²) in [5.74, 6) is 0.0790. The Morgan fingerprint density at radius 3 is 2.56 bits per heavy atom. The zero-order valence-corrected chi connectivity index (χ0v) is 15.8. The van der Waals surface area contributed by atoms with E-state index in [-0.39, 0.29) is 0 Å². The predicted octanol–water partition coefficient (Wildman–Crippen LogP) is 3.94. The maximum atomic E-state index is 11.9. The van der Waals surface area contributed by atoms with Gasteiger partial charge in [0.25, 0.3) is 5.91 Å². The number of rotatable bonds is 8. The van der Waals surface area contributed by atoms with E-state index in [0.717, 1.165) is 11.3 Å². The Hall–Kier alpha value is -2.99. The Labute approximate surface area is 162 Å². The molecule has 142 valence electrons. The summed E-state index contributed by atoms with van der Waals surface area (Å²) in [7, 11) is 1.48. The van der Waals surface area contributed by atoms with Crippen molar-refractivity contribution in [3.63, 3.8) is 0 Å². The molecule has 6 nitrogen and oxygen atoms in total. The molecule has 0 aromatic heterocycles. The number of nitrogens with one attached hydrogen (secondary N) is 1. The van der Waals surface area contributed by atoms with E-state index in [1.807, 2.05) is 19.1 Å². The predicted molar refractivity (Wildman–Crippen MR) is 104 cm³/mol. The SMILES string of the molecule is CCOc1ccc(/C=C/C(=O)OCC(=O)Nc2cc(Cl)ccc2OC)cc1. The van der Waals surface area contributed by atoms with E-state index in [4.69, 9.17) is 25.8 Å². The first-order valence-corrected chi connectivity index (χ1v) is 8.60. The topological polar surface area (TPSA) is 73.9 Å². The number of esters is 1. The fourth-order valence-electron chi connectivity index (χ4n) is 2.16. The second kappa shape index (κ2) is 10.2. The molecule has 0 aliphatic carbocycles. The van der Waals surface area contributed by atoms with Crippen molar-refractivity contribution in [2.75, 3.05) is 25.6 Å². The smallest absolute Gasteiger partial charge is 0.331 e. The molecule has 0 radical (unpaired) electrons. The summed E-state index contributed by atoms with van der Waals surface area (Å²) in [4.78, 5) is 23.7. The van der Waals surface area contributed by atoms with Crippen molar-refractivity contribution in [2.45, 2.75) is 6.92 Å². The average Bonchev–Trinajstić information content (AvgIpc) is 2.66. The molecule has 2 aromatic rings. The van der Waals surface area contributed by atoms with Gasteiger partial charge in [-0.25, -0.2) is 4.79 Å². The molecule has 0 unspecified atom stereocenters. The van der Waals surface area contributed by atoms with Crippen LogP contribution in [0.25, 0.3) is 6.08 Å². The molecule has 0 saturated carbocycles. The van der Waals surface area contributed by atoms with E-state index in [9.17, 15) is 9.59 Å². The van der Waals surface area contributed by atoms with E-state index in [0.29, 0.717) is 23.1 Å². The molecule has 0 aliphatic rings. The van der Waals surface area contributed by atoms with Gasteiger partial charge in [0.1, 0.15) is 11.5 Å². The lowest BCUT2D eigenvalue weighted by molar-refractivity contribution is -0.142. The van der Waals surface area contributed by atoms with Crippen molar-refractivity contribution >= 4 is 35.2 Å². The summed E-state index contributed by atoms with van der Waals surface area (Å²) >= 11 is 5.90. The van der Waals surface area contributed by atoms with Gasteiger partial charge in [-0.3, -0.25) is 4.79 Å². The Kier molecular flexibility index (Phi) is 7.70. The highest BCUT2D eigenvalue weighted by molar-refractivity contribution is 6.31. The second-order valence-corrected chi connectivity index (χ2v) is 5.77. The lowest BCUT2D eigenvalue weighted by Crippen LogP contribution is -2.20. The van der Waals surface area contributed by atoms with Crippen LogP contribution in [-0.4, -0.2) is 32.2 Å². The third-order valence-electron chi connectivity index (χ3n) is 3.38. The molecule has 0 saturated heterocycles. The van der Waals surface area contributed by atoms with Gasteiger partial charge >= 0.3 is 5.97 Å². The van der Waals surface area contributed by atoms with E-state index >= 15 is 0 Å². The minimum Gasteiger partial charge on any atom is -0.495 e. The minimum atomic E-state index is -0.628. The monoisotopic (exact) mass is 389 g/mol. The Morgan fingerprint density at radius 1 is 1.15 bits per heavy atom. The zero-order valence-electron chi connectivity index (χ0n) is 15.0. The van der Waals surface area contributed by atoms with Crippen LogP contribution >= 0.6 is 11.6 Å². The van der Waals surface area contributed by atoms with Crippen molar-refractivity contribution in [3.8, 4) is 11.5 Å². The molecule has 0 fully saturated rings. The summed E-state index contributed by atoms with van der Waals surface area (Å²) < 4.78 is 15.4. The van der Waals surface area contributed by atoms with Gasteiger partial charge in [-0.15, -0.1) is 0 Å². The molecular formula is C20H20ClNO5. The first kappa shape index (κ1) is 20.3. The molecule has 7 heteroatoms. The first-order valence-electron chi connectivity index (χ1n) is 8.23. The largest absolute Gasteiger partial charge is 0.495 e. The van der Waals surface area contributed by atoms with Crippen molar-refractivity contribution < 1.29 is 23.8 Å². The lowest BCUT2D eigenvalue weighted by atomic mass is 10.2. The fraction of sp³-hybridized carbons (Fsp3) is 0.200. The van der Waals surface area contributed by atoms with E-state index < -0.39 is 18.5 Å². The summed E-state index contributed by atoms with van der Waals surface area (Å²) in [5.41, 5.74) is 1.21. The van der Waals surface area contributed by atoms with Gasteiger partial charge in [0.2, 0.25) is 0 Å². The van der Waals surface area contributed by atoms with Crippen LogP contribution in [0.2, 0.25) is 5.02 Å². The lowest BCUT2D eigenvalue weighted by Gasteiger charge is -2.10. The quantitative estimate of drug-likeness (QED) is 0.546. The van der Waals surface area contributed by atoms with Crippen molar-refractivity contribution in [2.24, 2.45) is 0 Å². The molecule has 0 bridgehead atoms. The van der Waals surface area contributed by atoms with Crippen molar-refractivity contribution in [1.82, 2.24) is 0 Å². The fourth-order valence-corrected chi connectivity index (χ4v) is 2.33. The molecule has 2 rings (SSSR count). The van der Waals surface area contributed by atoms with Crippen LogP contribution in [0.5, 0.6) is 11.5 Å². The van der Waals surface area contributed by atoms with Crippen LogP contribution in [0.15, 0.2) is 48.5 Å². The normalized spacial score (nSPS) is 10.5. The third kappa shape index (κ3) is 6.67. The molecule has 27 heavy (non-hydrogen) atoms. The third-order valence-corrected chi connectivity index (χ3v) is 3.62. The number of carbonyl (C=O) groups excluding carboxylic acids is 2. The van der Waals surface area contributed by atoms with Crippen LogP contribution in [0.4, 0.5) is 5.69 Å². The number of ether oxygens (including phenoxy) is 3. The zero-order chi connectivity index (χ0) is 19.6. The number of benzene rings is 2. The van der Waals surface area contributed by atoms with E-state index in [1.165, 1.54) is 13.2 Å². The number of anilines is 1. The molecule has 0 aliphatic heterocycles. The molecule has 0 spiro atoms. The maximum absolute atomic E-state index is 11.9. The summed E-state index contributed by atoms with van der Waals surface area (Å²) in [6.07, 6.45) is 2.85. The number of hydrogen-bond donors (Lipinski definition) is 1. The van der Waals surface area contributed by atoms with Crippen LogP contribution in [-0.2, 0) is 14.3 Å². The van der Waals surface area contributed by atoms with Crippen LogP contribution in [0.3, 0.4) is 0 Å². The standard InChI is InChI=1S/C20H20ClNO5/c1-3-26-16-8-4-14(5-9-16)6-11-20(24)27-13-19(23)22-17-12-15(21)7-10-18(17)25-2/h4-12H,3,13H2,1-2H3,(H,22,23)/b11-6+. The molecule has 1 amide bonds. The number of hydrogen-bond acceptors (Lipinski definition) is 5. The number of amides is 1. The summed E-state index contributed by atoms with van der Waals surface area (Å²) in [5, 5.41) is 3.03. The minimum absolute atomic E-state index is 0.399. The number of methoxy groups -OCH3 is 1. The van der Waals surface area contributed by atoms with Gasteiger partial charge in [-0.05, 0) is 48.9 Å². The second-order valence-electron chi connectivity index (χ2n) is 5.34. The highest BCUT2D eigenvalue weighted by Gasteiger charge is 2.10. The van der Waals surface area contributed by atoms with Gasteiger partial charge in [-0.2, -0.15) is 0 Å². The van der Waals surface area contributed by atoms with Gasteiger partial charge in [-0.1, -0.05) is 23.7 Å². The molecular weight excluding hydrogens is 370 g/mol. The number of carbonyl (C=O) groups is 2.